The summed E-state index contributed by atoms with van der Waals surface area (Å²) in [7, 11) is 8.82. The van der Waals surface area contributed by atoms with Crippen LogP contribution in [-0.4, -0.2) is 88.5 Å². The van der Waals surface area contributed by atoms with E-state index in [-0.39, 0.29) is 28.9 Å². The summed E-state index contributed by atoms with van der Waals surface area (Å²) in [4.78, 5) is 21.6. The van der Waals surface area contributed by atoms with Crippen LogP contribution in [0.4, 0.5) is 0 Å². The van der Waals surface area contributed by atoms with E-state index in [1.54, 1.807) is 0 Å². The summed E-state index contributed by atoms with van der Waals surface area (Å²) in [5, 5.41) is 0. The number of unbranched alkanes of at least 4 members (excludes halogenated alkanes) is 7. The number of carbonyl (C=O) groups excluding carboxylic acids is 2. The molecule has 0 aromatic carbocycles. The topological polar surface area (TPSA) is 52.6 Å². The van der Waals surface area contributed by atoms with E-state index in [2.05, 4.69) is 28.2 Å². The third kappa shape index (κ3) is 21.9. The van der Waals surface area contributed by atoms with Gasteiger partial charge < -0.3 is 35.4 Å². The molecule has 0 spiro atoms. The summed E-state index contributed by atoms with van der Waals surface area (Å²) in [6, 6.07) is 0. The summed E-state index contributed by atoms with van der Waals surface area (Å²) in [5.41, 5.74) is 0. The number of halogens is 1. The van der Waals surface area contributed by atoms with Gasteiger partial charge in [-0.25, -0.2) is 0 Å². The highest BCUT2D eigenvalue weighted by atomic mass is 79.9. The average Bonchev–Trinajstić information content (AvgIpc) is 2.55. The second-order valence-corrected chi connectivity index (χ2v) is 9.27. The molecule has 0 bridgehead atoms. The zero-order valence-electron chi connectivity index (χ0n) is 19.8. The maximum Gasteiger partial charge on any atom is 0.302 e. The lowest BCUT2D eigenvalue weighted by Gasteiger charge is -2.29. The number of rotatable bonds is 17. The molecule has 0 unspecified atom stereocenters. The summed E-state index contributed by atoms with van der Waals surface area (Å²) in [6.45, 7) is 8.01. The first-order valence-electron chi connectivity index (χ1n) is 10.9. The minimum absolute atomic E-state index is 0. The molecule has 6 nitrogen and oxygen atoms in total. The number of nitrogens with zero attached hydrogens (tertiary/aromatic N) is 2. The highest BCUT2D eigenvalue weighted by Gasteiger charge is 2.15. The van der Waals surface area contributed by atoms with Gasteiger partial charge in [0.25, 0.3) is 0 Å². The van der Waals surface area contributed by atoms with E-state index < -0.39 is 0 Å². The third-order valence-electron chi connectivity index (χ3n) is 5.28. The van der Waals surface area contributed by atoms with Gasteiger partial charge in [0.15, 0.2) is 0 Å². The first kappa shape index (κ1) is 30.5. The molecule has 0 rings (SSSR count). The van der Waals surface area contributed by atoms with Crippen molar-refractivity contribution in [3.05, 3.63) is 0 Å². The molecule has 7 heteroatoms. The van der Waals surface area contributed by atoms with E-state index in [0.717, 1.165) is 35.1 Å². The van der Waals surface area contributed by atoms with Crippen molar-refractivity contribution in [2.24, 2.45) is 0 Å². The van der Waals surface area contributed by atoms with Crippen LogP contribution < -0.4 is 17.0 Å². The molecule has 0 atom stereocenters. The smallest absolute Gasteiger partial charge is 0.302 e. The second kappa shape index (κ2) is 17.1. The van der Waals surface area contributed by atoms with E-state index in [4.69, 9.17) is 9.47 Å². The standard InChI is InChI=1S/C22H46N2O4.BrH/c1-21(25)27-19-17-23(3,4)15-13-11-9-7-8-10-12-14-16-24(5,6)18-20-28-22(2)26;/h7-20H2,1-6H3;1H/q+2;/p-1. The lowest BCUT2D eigenvalue weighted by Crippen LogP contribution is -3.00. The number of hydrogen-bond donors (Lipinski definition) is 0. The SMILES string of the molecule is CC(=O)OCC[N+](C)(C)CCCCCCCCCC[N+](C)(C)CCOC(C)=O.[Br-]. The van der Waals surface area contributed by atoms with Crippen molar-refractivity contribution in [1.82, 2.24) is 0 Å². The fourth-order valence-electron chi connectivity index (χ4n) is 3.24. The minimum Gasteiger partial charge on any atom is -1.00 e. The number of ether oxygens (including phenoxy) is 2. The van der Waals surface area contributed by atoms with Gasteiger partial charge in [-0.2, -0.15) is 0 Å². The van der Waals surface area contributed by atoms with E-state index in [1.807, 2.05) is 0 Å². The first-order valence-corrected chi connectivity index (χ1v) is 10.9. The Kier molecular flexibility index (Phi) is 18.0. The van der Waals surface area contributed by atoms with Crippen LogP contribution in [-0.2, 0) is 19.1 Å². The summed E-state index contributed by atoms with van der Waals surface area (Å²) >= 11 is 0. The molecule has 0 amide bonds. The molecule has 0 saturated heterocycles. The van der Waals surface area contributed by atoms with Crippen molar-refractivity contribution in [1.29, 1.82) is 0 Å². The largest absolute Gasteiger partial charge is 1.00 e. The molecule has 0 aromatic heterocycles. The Bertz CT molecular complexity index is 403. The molecule has 174 valence electrons. The second-order valence-electron chi connectivity index (χ2n) is 9.27. The lowest BCUT2D eigenvalue weighted by molar-refractivity contribution is -0.890. The van der Waals surface area contributed by atoms with Crippen LogP contribution in [0.2, 0.25) is 0 Å². The number of hydrogen-bond acceptors (Lipinski definition) is 4. The molecule has 0 aromatic rings. The number of likely N-dealkylation sites (N-methyl/N-ethyl adjacent to an activating group) is 2. The Hall–Kier alpha value is -0.660. The minimum atomic E-state index is -0.190. The Morgan fingerprint density at radius 1 is 0.552 bits per heavy atom. The highest BCUT2D eigenvalue weighted by Crippen LogP contribution is 2.11. The maximum atomic E-state index is 10.8. The van der Waals surface area contributed by atoms with Gasteiger partial charge in [0.2, 0.25) is 0 Å². The first-order chi connectivity index (χ1) is 13.0. The van der Waals surface area contributed by atoms with Crippen LogP contribution in [0.15, 0.2) is 0 Å². The van der Waals surface area contributed by atoms with Crippen LogP contribution in [0.3, 0.4) is 0 Å². The molecule has 0 N–H and O–H groups in total. The molecular formula is C22H46BrN2O4+. The van der Waals surface area contributed by atoms with Crippen molar-refractivity contribution in [3.8, 4) is 0 Å². The zero-order chi connectivity index (χ0) is 21.5. The molecule has 0 aliphatic heterocycles. The van der Waals surface area contributed by atoms with Crippen molar-refractivity contribution in [3.63, 3.8) is 0 Å². The van der Waals surface area contributed by atoms with Gasteiger partial charge in [-0.1, -0.05) is 25.7 Å². The molecule has 0 fully saturated rings. The van der Waals surface area contributed by atoms with Gasteiger partial charge in [0, 0.05) is 13.8 Å². The molecule has 0 aliphatic rings. The summed E-state index contributed by atoms with van der Waals surface area (Å²) < 4.78 is 11.9. The van der Waals surface area contributed by atoms with Crippen molar-refractivity contribution >= 4 is 11.9 Å². The van der Waals surface area contributed by atoms with Crippen LogP contribution in [0.1, 0.15) is 65.2 Å². The van der Waals surface area contributed by atoms with Crippen LogP contribution in [0.25, 0.3) is 0 Å². The van der Waals surface area contributed by atoms with Gasteiger partial charge >= 0.3 is 11.9 Å². The summed E-state index contributed by atoms with van der Waals surface area (Å²) in [5.74, 6) is -0.381. The molecule has 0 heterocycles. The number of carbonyl (C=O) groups is 2. The van der Waals surface area contributed by atoms with E-state index in [1.165, 1.54) is 65.2 Å². The average molecular weight is 483 g/mol. The van der Waals surface area contributed by atoms with Crippen molar-refractivity contribution in [2.75, 3.05) is 67.6 Å². The molecule has 29 heavy (non-hydrogen) atoms. The normalized spacial score (nSPS) is 11.7. The lowest BCUT2D eigenvalue weighted by atomic mass is 10.1. The fourth-order valence-corrected chi connectivity index (χ4v) is 3.24. The van der Waals surface area contributed by atoms with Crippen LogP contribution >= 0.6 is 0 Å². The number of quaternary nitrogens is 2. The maximum absolute atomic E-state index is 10.8. The van der Waals surface area contributed by atoms with Gasteiger partial charge in [-0.05, 0) is 25.7 Å². The molecule has 0 radical (unpaired) electrons. The predicted octanol–water partition coefficient (Wildman–Crippen LogP) is 0.390. The van der Waals surface area contributed by atoms with Crippen LogP contribution in [0, 0.1) is 0 Å². The predicted molar refractivity (Wildman–Crippen MR) is 114 cm³/mol. The Morgan fingerprint density at radius 2 is 0.828 bits per heavy atom. The molecule has 0 aliphatic carbocycles. The quantitative estimate of drug-likeness (QED) is 0.171. The van der Waals surface area contributed by atoms with Gasteiger partial charge in [-0.15, -0.1) is 0 Å². The Labute approximate surface area is 189 Å². The molecular weight excluding hydrogens is 436 g/mol. The highest BCUT2D eigenvalue weighted by molar-refractivity contribution is 5.66. The Morgan fingerprint density at radius 3 is 1.10 bits per heavy atom. The zero-order valence-corrected chi connectivity index (χ0v) is 21.4. The van der Waals surface area contributed by atoms with Crippen molar-refractivity contribution < 1.29 is 45.0 Å². The van der Waals surface area contributed by atoms with Gasteiger partial charge in [-0.3, -0.25) is 9.59 Å². The van der Waals surface area contributed by atoms with Crippen LogP contribution in [0.5, 0.6) is 0 Å². The monoisotopic (exact) mass is 481 g/mol. The molecule has 0 saturated carbocycles. The third-order valence-corrected chi connectivity index (χ3v) is 5.28. The number of esters is 2. The van der Waals surface area contributed by atoms with E-state index in [9.17, 15) is 9.59 Å². The van der Waals surface area contributed by atoms with Gasteiger partial charge in [0.05, 0.1) is 41.3 Å². The Balaban J connectivity index is 0. The van der Waals surface area contributed by atoms with E-state index in [0.29, 0.717) is 13.2 Å². The van der Waals surface area contributed by atoms with Crippen molar-refractivity contribution in [2.45, 2.75) is 65.2 Å². The fraction of sp³-hybridized carbons (Fsp3) is 0.909. The summed E-state index contributed by atoms with van der Waals surface area (Å²) in [6.07, 6.45) is 10.3. The van der Waals surface area contributed by atoms with E-state index >= 15 is 0 Å². The van der Waals surface area contributed by atoms with Gasteiger partial charge in [0.1, 0.15) is 26.3 Å².